The number of nitrogens with one attached hydrogen (secondary N) is 1. The molecule has 0 aliphatic carbocycles. The maximum atomic E-state index is 6.10. The maximum absolute atomic E-state index is 6.10. The van der Waals surface area contributed by atoms with Gasteiger partial charge in [0.05, 0.1) is 13.2 Å². The molecule has 1 heterocycles. The van der Waals surface area contributed by atoms with Crippen LogP contribution in [0.25, 0.3) is 0 Å². The predicted octanol–water partition coefficient (Wildman–Crippen LogP) is 3.48. The molecule has 1 N–H and O–H groups in total. The number of fused-ring (bicyclic) bond motifs is 1. The van der Waals surface area contributed by atoms with E-state index in [0.29, 0.717) is 5.92 Å². The fourth-order valence-corrected chi connectivity index (χ4v) is 2.69. The van der Waals surface area contributed by atoms with E-state index < -0.39 is 0 Å². The second-order valence-corrected chi connectivity index (χ2v) is 5.23. The number of hydrogen-bond donors (Lipinski definition) is 1. The van der Waals surface area contributed by atoms with E-state index in [1.54, 1.807) is 7.11 Å². The molecule has 0 saturated carbocycles. The van der Waals surface area contributed by atoms with Crippen LogP contribution in [-0.2, 0) is 4.84 Å². The maximum Gasteiger partial charge on any atom is 0.128 e. The first-order chi connectivity index (χ1) is 8.60. The first-order valence-corrected chi connectivity index (χ1v) is 6.68. The van der Waals surface area contributed by atoms with Crippen LogP contribution < -0.4 is 10.2 Å². The van der Waals surface area contributed by atoms with Gasteiger partial charge in [-0.15, -0.1) is 0 Å². The summed E-state index contributed by atoms with van der Waals surface area (Å²) in [6, 6.07) is 4.49. The molecule has 0 amide bonds. The number of hydrogen-bond acceptors (Lipinski definition) is 3. The number of benzene rings is 1. The van der Waals surface area contributed by atoms with Crippen molar-refractivity contribution in [1.82, 2.24) is 5.48 Å². The normalized spacial score (nSPS) is 22.1. The van der Waals surface area contributed by atoms with Crippen molar-refractivity contribution in [2.45, 2.75) is 52.2 Å². The summed E-state index contributed by atoms with van der Waals surface area (Å²) in [6.45, 7) is 8.68. The fraction of sp³-hybridized carbons (Fsp3) is 0.600. The first kappa shape index (κ1) is 13.4. The minimum Gasteiger partial charge on any atom is -0.488 e. The lowest BCUT2D eigenvalue weighted by molar-refractivity contribution is 0.0280. The molecule has 0 bridgehead atoms. The lowest BCUT2D eigenvalue weighted by atomic mass is 9.90. The van der Waals surface area contributed by atoms with E-state index in [4.69, 9.17) is 9.57 Å². The molecule has 0 aromatic heterocycles. The molecular formula is C15H23NO2. The van der Waals surface area contributed by atoms with E-state index in [-0.39, 0.29) is 12.1 Å². The molecule has 0 spiro atoms. The van der Waals surface area contributed by atoms with E-state index in [0.717, 1.165) is 12.2 Å². The molecule has 0 saturated heterocycles. The summed E-state index contributed by atoms with van der Waals surface area (Å²) in [5.41, 5.74) is 6.93. The molecule has 2 unspecified atom stereocenters. The Morgan fingerprint density at radius 1 is 1.39 bits per heavy atom. The lowest BCUT2D eigenvalue weighted by Crippen LogP contribution is -2.30. The quantitative estimate of drug-likeness (QED) is 0.829. The molecule has 2 atom stereocenters. The van der Waals surface area contributed by atoms with Crippen molar-refractivity contribution in [3.8, 4) is 5.75 Å². The van der Waals surface area contributed by atoms with Crippen LogP contribution in [-0.4, -0.2) is 13.2 Å². The van der Waals surface area contributed by atoms with Crippen molar-refractivity contribution >= 4 is 0 Å². The summed E-state index contributed by atoms with van der Waals surface area (Å²) in [4.78, 5) is 5.16. The van der Waals surface area contributed by atoms with Crippen molar-refractivity contribution in [1.29, 1.82) is 0 Å². The van der Waals surface area contributed by atoms with Crippen molar-refractivity contribution in [3.63, 3.8) is 0 Å². The topological polar surface area (TPSA) is 30.5 Å². The van der Waals surface area contributed by atoms with Gasteiger partial charge in [0.25, 0.3) is 0 Å². The van der Waals surface area contributed by atoms with E-state index in [1.165, 1.54) is 16.7 Å². The average Bonchev–Trinajstić information content (AvgIpc) is 2.70. The second kappa shape index (κ2) is 5.29. The van der Waals surface area contributed by atoms with Gasteiger partial charge in [0.15, 0.2) is 0 Å². The van der Waals surface area contributed by atoms with Gasteiger partial charge in [0.1, 0.15) is 11.9 Å². The Morgan fingerprint density at radius 3 is 2.67 bits per heavy atom. The van der Waals surface area contributed by atoms with Crippen molar-refractivity contribution in [2.75, 3.05) is 7.11 Å². The van der Waals surface area contributed by atoms with Gasteiger partial charge in [-0.05, 0) is 30.4 Å². The molecule has 1 aromatic rings. The first-order valence-electron chi connectivity index (χ1n) is 6.68. The molecule has 0 radical (unpaired) electrons. The van der Waals surface area contributed by atoms with E-state index >= 15 is 0 Å². The summed E-state index contributed by atoms with van der Waals surface area (Å²) in [6.07, 6.45) is 1.12. The molecule has 0 fully saturated rings. The molecule has 1 aliphatic heterocycles. The Kier molecular flexibility index (Phi) is 3.93. The van der Waals surface area contributed by atoms with Crippen LogP contribution in [0.1, 0.15) is 55.8 Å². The van der Waals surface area contributed by atoms with Crippen LogP contribution in [0.2, 0.25) is 0 Å². The van der Waals surface area contributed by atoms with Crippen LogP contribution in [0.5, 0.6) is 5.75 Å². The smallest absolute Gasteiger partial charge is 0.128 e. The highest BCUT2D eigenvalue weighted by Gasteiger charge is 2.36. The summed E-state index contributed by atoms with van der Waals surface area (Å²) < 4.78 is 6.10. The SMILES string of the molecule is CCC1Oc2c(C)ccc(C(C)C)c2C1NOC. The van der Waals surface area contributed by atoms with Crippen molar-refractivity contribution < 1.29 is 9.57 Å². The number of rotatable bonds is 4. The van der Waals surface area contributed by atoms with Gasteiger partial charge in [0.2, 0.25) is 0 Å². The second-order valence-electron chi connectivity index (χ2n) is 5.23. The fourth-order valence-electron chi connectivity index (χ4n) is 2.69. The monoisotopic (exact) mass is 249 g/mol. The van der Waals surface area contributed by atoms with E-state index in [1.807, 2.05) is 0 Å². The van der Waals surface area contributed by atoms with Crippen LogP contribution >= 0.6 is 0 Å². The summed E-state index contributed by atoms with van der Waals surface area (Å²) in [7, 11) is 1.66. The minimum atomic E-state index is 0.132. The highest BCUT2D eigenvalue weighted by molar-refractivity contribution is 5.52. The van der Waals surface area contributed by atoms with Crippen molar-refractivity contribution in [2.24, 2.45) is 0 Å². The number of ether oxygens (including phenoxy) is 1. The Morgan fingerprint density at radius 2 is 2.11 bits per heavy atom. The highest BCUT2D eigenvalue weighted by atomic mass is 16.6. The van der Waals surface area contributed by atoms with Gasteiger partial charge in [-0.3, -0.25) is 0 Å². The number of aryl methyl sites for hydroxylation is 1. The molecule has 1 aliphatic rings. The van der Waals surface area contributed by atoms with Gasteiger partial charge >= 0.3 is 0 Å². The van der Waals surface area contributed by atoms with E-state index in [2.05, 4.69) is 45.3 Å². The molecule has 2 rings (SSSR count). The third-order valence-electron chi connectivity index (χ3n) is 3.65. The lowest BCUT2D eigenvalue weighted by Gasteiger charge is -2.20. The largest absolute Gasteiger partial charge is 0.488 e. The molecule has 3 heteroatoms. The molecule has 1 aromatic carbocycles. The molecule has 18 heavy (non-hydrogen) atoms. The van der Waals surface area contributed by atoms with Crippen LogP contribution in [0.3, 0.4) is 0 Å². The Labute approximate surface area is 109 Å². The van der Waals surface area contributed by atoms with Crippen LogP contribution in [0.4, 0.5) is 0 Å². The van der Waals surface area contributed by atoms with Gasteiger partial charge < -0.3 is 9.57 Å². The van der Waals surface area contributed by atoms with Gasteiger partial charge in [-0.2, -0.15) is 5.48 Å². The zero-order valence-corrected chi connectivity index (χ0v) is 11.9. The minimum absolute atomic E-state index is 0.132. The standard InChI is InChI=1S/C15H23NO2/c1-6-12-14(16-17-5)13-11(9(2)3)8-7-10(4)15(13)18-12/h7-9,12,14,16H,6H2,1-5H3. The average molecular weight is 249 g/mol. The van der Waals surface area contributed by atoms with Gasteiger partial charge in [0, 0.05) is 5.56 Å². The Bertz CT molecular complexity index is 429. The Hall–Kier alpha value is -1.06. The molecular weight excluding hydrogens is 226 g/mol. The van der Waals surface area contributed by atoms with E-state index in [9.17, 15) is 0 Å². The highest BCUT2D eigenvalue weighted by Crippen LogP contribution is 2.44. The van der Waals surface area contributed by atoms with Gasteiger partial charge in [-0.25, -0.2) is 0 Å². The molecule has 100 valence electrons. The molecule has 3 nitrogen and oxygen atoms in total. The zero-order chi connectivity index (χ0) is 13.3. The summed E-state index contributed by atoms with van der Waals surface area (Å²) >= 11 is 0. The third kappa shape index (κ3) is 2.13. The summed E-state index contributed by atoms with van der Waals surface area (Å²) in [5.74, 6) is 1.53. The summed E-state index contributed by atoms with van der Waals surface area (Å²) in [5, 5.41) is 0. The zero-order valence-electron chi connectivity index (χ0n) is 11.9. The van der Waals surface area contributed by atoms with Crippen LogP contribution in [0, 0.1) is 6.92 Å². The van der Waals surface area contributed by atoms with Crippen molar-refractivity contribution in [3.05, 3.63) is 28.8 Å². The predicted molar refractivity (Wildman–Crippen MR) is 72.9 cm³/mol. The van der Waals surface area contributed by atoms with Gasteiger partial charge in [-0.1, -0.05) is 32.9 Å². The van der Waals surface area contributed by atoms with Crippen LogP contribution in [0.15, 0.2) is 12.1 Å². The third-order valence-corrected chi connectivity index (χ3v) is 3.65. The number of hydroxylamine groups is 1. The Balaban J connectivity index is 2.51.